The first-order chi connectivity index (χ1) is 19.1. The topological polar surface area (TPSA) is 95.5 Å². The minimum atomic E-state index is -0.644. The maximum absolute atomic E-state index is 13.1. The van der Waals surface area contributed by atoms with Crippen molar-refractivity contribution < 1.29 is 9.53 Å². The van der Waals surface area contributed by atoms with Crippen LogP contribution in [0.1, 0.15) is 95.2 Å². The lowest BCUT2D eigenvalue weighted by Crippen LogP contribution is -2.49. The summed E-state index contributed by atoms with van der Waals surface area (Å²) in [4.78, 5) is 20.0. The molecule has 220 valence electrons. The van der Waals surface area contributed by atoms with Crippen LogP contribution < -0.4 is 5.32 Å². The van der Waals surface area contributed by atoms with Crippen LogP contribution in [-0.4, -0.2) is 65.2 Å². The highest BCUT2D eigenvalue weighted by molar-refractivity contribution is 6.02. The highest BCUT2D eigenvalue weighted by Gasteiger charge is 2.41. The number of carbonyl (C=O) groups excluding carboxylic acids is 1. The van der Waals surface area contributed by atoms with E-state index >= 15 is 0 Å². The molecule has 2 aliphatic rings. The van der Waals surface area contributed by atoms with Gasteiger partial charge < -0.3 is 10.1 Å². The number of nitriles is 1. The molecule has 1 N–H and O–H groups in total. The van der Waals surface area contributed by atoms with Gasteiger partial charge in [-0.3, -0.25) is 19.4 Å². The summed E-state index contributed by atoms with van der Waals surface area (Å²) in [5, 5.41) is 17.6. The van der Waals surface area contributed by atoms with Gasteiger partial charge in [0.25, 0.3) is 5.91 Å². The van der Waals surface area contributed by atoms with Gasteiger partial charge in [0.1, 0.15) is 5.41 Å². The van der Waals surface area contributed by atoms with Crippen molar-refractivity contribution in [3.63, 3.8) is 0 Å². The van der Waals surface area contributed by atoms with Crippen LogP contribution in [0, 0.1) is 35.5 Å². The molecule has 1 aromatic heterocycles. The Bertz CT molecular complexity index is 1120. The van der Waals surface area contributed by atoms with Crippen LogP contribution in [0.25, 0.3) is 0 Å². The number of nitrogens with one attached hydrogen (secondary N) is 1. The zero-order chi connectivity index (χ0) is 29.4. The third kappa shape index (κ3) is 7.30. The van der Waals surface area contributed by atoms with E-state index in [2.05, 4.69) is 67.6 Å². The number of amides is 1. The van der Waals surface area contributed by atoms with Crippen LogP contribution >= 0.6 is 0 Å². The summed E-state index contributed by atoms with van der Waals surface area (Å²) in [6.45, 7) is 19.6. The molecule has 1 aromatic rings. The Labute approximate surface area is 241 Å². The molecular weight excluding hydrogens is 500 g/mol. The monoisotopic (exact) mass is 550 g/mol. The summed E-state index contributed by atoms with van der Waals surface area (Å²) in [5.41, 5.74) is 1.94. The predicted octanol–water partition coefficient (Wildman–Crippen LogP) is 5.87. The minimum Gasteiger partial charge on any atom is -0.377 e. The van der Waals surface area contributed by atoms with Crippen molar-refractivity contribution in [2.75, 3.05) is 26.7 Å². The minimum absolute atomic E-state index is 0.221. The second-order valence-electron chi connectivity index (χ2n) is 12.0. The Morgan fingerprint density at radius 3 is 2.58 bits per heavy atom. The van der Waals surface area contributed by atoms with Crippen molar-refractivity contribution in [1.29, 1.82) is 5.26 Å². The molecule has 0 spiro atoms. The van der Waals surface area contributed by atoms with Gasteiger partial charge in [-0.05, 0) is 76.9 Å². The van der Waals surface area contributed by atoms with E-state index in [1.165, 1.54) is 6.42 Å². The number of aliphatic imine (C=N–C) groups is 1. The normalized spacial score (nSPS) is 23.3. The van der Waals surface area contributed by atoms with Crippen LogP contribution in [0.3, 0.4) is 0 Å². The third-order valence-corrected chi connectivity index (χ3v) is 9.25. The van der Waals surface area contributed by atoms with Crippen LogP contribution in [0.5, 0.6) is 0 Å². The molecule has 2 aliphatic heterocycles. The molecule has 4 atom stereocenters. The molecule has 1 amide bonds. The summed E-state index contributed by atoms with van der Waals surface area (Å²) >= 11 is 0. The van der Waals surface area contributed by atoms with Crippen molar-refractivity contribution >= 4 is 11.6 Å². The molecule has 0 radical (unpaired) electrons. The maximum Gasteiger partial charge on any atom is 0.259 e. The zero-order valence-corrected chi connectivity index (χ0v) is 25.7. The van der Waals surface area contributed by atoms with Crippen molar-refractivity contribution in [3.8, 4) is 6.07 Å². The molecule has 0 aromatic carbocycles. The molecule has 0 aliphatic carbocycles. The Hall–Kier alpha value is -2.76. The molecule has 3 rings (SSSR count). The highest BCUT2D eigenvalue weighted by Crippen LogP contribution is 2.36. The van der Waals surface area contributed by atoms with E-state index in [-0.39, 0.29) is 18.1 Å². The molecule has 0 bridgehead atoms. The average Bonchev–Trinajstić information content (AvgIpc) is 3.54. The molecule has 8 nitrogen and oxygen atoms in total. The van der Waals surface area contributed by atoms with Gasteiger partial charge in [0, 0.05) is 50.2 Å². The van der Waals surface area contributed by atoms with Crippen molar-refractivity contribution in [3.05, 3.63) is 41.9 Å². The zero-order valence-electron chi connectivity index (χ0n) is 25.7. The van der Waals surface area contributed by atoms with Crippen LogP contribution in [-0.2, 0) is 4.74 Å². The van der Waals surface area contributed by atoms with Gasteiger partial charge in [0.15, 0.2) is 0 Å². The van der Waals surface area contributed by atoms with Gasteiger partial charge in [-0.1, -0.05) is 33.8 Å². The molecule has 2 fully saturated rings. The van der Waals surface area contributed by atoms with Gasteiger partial charge in [0.05, 0.1) is 29.6 Å². The number of piperidine rings is 1. The lowest BCUT2D eigenvalue weighted by Gasteiger charge is -2.40. The van der Waals surface area contributed by atoms with E-state index in [1.807, 2.05) is 17.7 Å². The van der Waals surface area contributed by atoms with Gasteiger partial charge in [-0.15, -0.1) is 0 Å². The summed E-state index contributed by atoms with van der Waals surface area (Å²) in [7, 11) is 1.72. The second kappa shape index (κ2) is 14.2. The Morgan fingerprint density at radius 1 is 1.32 bits per heavy atom. The summed E-state index contributed by atoms with van der Waals surface area (Å²) in [6, 6.07) is 3.21. The van der Waals surface area contributed by atoms with Gasteiger partial charge in [-0.25, -0.2) is 0 Å². The number of allylic oxidation sites excluding steroid dienone is 2. The highest BCUT2D eigenvalue weighted by atomic mass is 16.5. The maximum atomic E-state index is 13.1. The van der Waals surface area contributed by atoms with Gasteiger partial charge in [0.2, 0.25) is 0 Å². The molecule has 0 saturated carbocycles. The predicted molar refractivity (Wildman–Crippen MR) is 161 cm³/mol. The number of likely N-dealkylation sites (tertiary alicyclic amines) is 1. The molecule has 40 heavy (non-hydrogen) atoms. The Kier molecular flexibility index (Phi) is 11.3. The summed E-state index contributed by atoms with van der Waals surface area (Å²) < 4.78 is 7.72. The largest absolute Gasteiger partial charge is 0.377 e. The molecule has 4 unspecified atom stereocenters. The number of carbonyl (C=O) groups is 1. The summed E-state index contributed by atoms with van der Waals surface area (Å²) in [6.07, 6.45) is 11.3. The first-order valence-corrected chi connectivity index (χ1v) is 15.0. The third-order valence-electron chi connectivity index (χ3n) is 9.25. The number of hydrogen-bond acceptors (Lipinski definition) is 6. The number of hydrogen-bond donors (Lipinski definition) is 1. The number of rotatable bonds is 12. The van der Waals surface area contributed by atoms with Gasteiger partial charge in [-0.2, -0.15) is 10.4 Å². The first kappa shape index (κ1) is 31.8. The van der Waals surface area contributed by atoms with E-state index in [4.69, 9.17) is 4.74 Å². The van der Waals surface area contributed by atoms with E-state index < -0.39 is 5.41 Å². The van der Waals surface area contributed by atoms with E-state index in [1.54, 1.807) is 19.3 Å². The number of nitrogens with zero attached hydrogens (tertiary/aromatic N) is 5. The Balaban J connectivity index is 1.59. The first-order valence-electron chi connectivity index (χ1n) is 15.0. The average molecular weight is 551 g/mol. The standard InChI is InChI=1S/C32H50N6O2/c1-9-27(22(2)3)12-11-24(5)38-25(6)28(20-35-38)31(39)36-23(4)10-13-30(34-8)32(21-33)15-17-37(18-16-32)29-14-19-40-26(29)7/h10,13,20,22,24,26-27,29H,4,9,11-12,14-19H2,1-3,5-8H3,(H,36,39)/b13-10-,34-30?. The summed E-state index contributed by atoms with van der Waals surface area (Å²) in [5.74, 6) is 1.14. The van der Waals surface area contributed by atoms with Crippen LogP contribution in [0.2, 0.25) is 0 Å². The fourth-order valence-corrected chi connectivity index (χ4v) is 6.42. The van der Waals surface area contributed by atoms with Crippen molar-refractivity contribution in [2.45, 2.75) is 98.3 Å². The fraction of sp³-hybridized carbons (Fsp3) is 0.688. The van der Waals surface area contributed by atoms with Crippen LogP contribution in [0.4, 0.5) is 0 Å². The lowest BCUT2D eigenvalue weighted by molar-refractivity contribution is 0.0564. The number of aromatic nitrogens is 2. The van der Waals surface area contributed by atoms with E-state index in [0.29, 0.717) is 29.1 Å². The Morgan fingerprint density at radius 2 is 2.02 bits per heavy atom. The fourth-order valence-electron chi connectivity index (χ4n) is 6.42. The number of ether oxygens (including phenoxy) is 1. The molecular formula is C32H50N6O2. The second-order valence-corrected chi connectivity index (χ2v) is 12.0. The van der Waals surface area contributed by atoms with Crippen molar-refractivity contribution in [1.82, 2.24) is 20.0 Å². The molecule has 3 heterocycles. The lowest BCUT2D eigenvalue weighted by atomic mass is 9.75. The molecule has 2 saturated heterocycles. The van der Waals surface area contributed by atoms with E-state index in [9.17, 15) is 10.1 Å². The molecule has 8 heteroatoms. The van der Waals surface area contributed by atoms with Crippen molar-refractivity contribution in [2.24, 2.45) is 22.2 Å². The van der Waals surface area contributed by atoms with E-state index in [0.717, 1.165) is 63.2 Å². The smallest absolute Gasteiger partial charge is 0.259 e. The van der Waals surface area contributed by atoms with Crippen LogP contribution in [0.15, 0.2) is 35.6 Å². The van der Waals surface area contributed by atoms with Gasteiger partial charge >= 0.3 is 0 Å². The SMILES string of the molecule is C=C(/C=C\C(=NC)C1(C#N)CCN(C2CCOC2C)CC1)NC(=O)c1cnn(C(C)CCC(CC)C(C)C)c1C. The quantitative estimate of drug-likeness (QED) is 0.259.